The maximum atomic E-state index is 10.5. The van der Waals surface area contributed by atoms with Crippen molar-refractivity contribution in [2.75, 3.05) is 0 Å². The van der Waals surface area contributed by atoms with Crippen LogP contribution in [0.5, 0.6) is 5.75 Å². The van der Waals surface area contributed by atoms with Gasteiger partial charge >= 0.3 is 0 Å². The smallest absolute Gasteiger partial charge is 0.153 e. The topological polar surface area (TPSA) is 37.3 Å². The lowest BCUT2D eigenvalue weighted by atomic mass is 10.1. The molecule has 0 spiro atoms. The van der Waals surface area contributed by atoms with E-state index in [2.05, 4.69) is 22.5 Å². The predicted octanol–water partition coefficient (Wildman–Crippen LogP) is 2.70. The van der Waals surface area contributed by atoms with Gasteiger partial charge in [-0.2, -0.15) is 0 Å². The van der Waals surface area contributed by atoms with E-state index < -0.39 is 0 Å². The molecule has 0 fully saturated rings. The standard InChI is InChI=1S/C10H9BrO2/c1-2-3-7-4-9(11)5-8(6-12)10(7)13/h2,4-6,13H,1,3H2. The van der Waals surface area contributed by atoms with Crippen molar-refractivity contribution in [3.8, 4) is 5.75 Å². The molecular formula is C10H9BrO2. The molecule has 0 bridgehead atoms. The van der Waals surface area contributed by atoms with Crippen LogP contribution >= 0.6 is 15.9 Å². The monoisotopic (exact) mass is 240 g/mol. The van der Waals surface area contributed by atoms with Crippen molar-refractivity contribution in [1.29, 1.82) is 0 Å². The number of benzene rings is 1. The van der Waals surface area contributed by atoms with Gasteiger partial charge in [-0.3, -0.25) is 4.79 Å². The number of allylic oxidation sites excluding steroid dienone is 1. The molecule has 0 aromatic heterocycles. The predicted molar refractivity (Wildman–Crippen MR) is 55.1 cm³/mol. The summed E-state index contributed by atoms with van der Waals surface area (Å²) < 4.78 is 0.782. The third-order valence-electron chi connectivity index (χ3n) is 1.67. The zero-order valence-corrected chi connectivity index (χ0v) is 8.54. The molecule has 1 aromatic rings. The fourth-order valence-corrected chi connectivity index (χ4v) is 1.60. The van der Waals surface area contributed by atoms with Crippen molar-refractivity contribution in [2.45, 2.75) is 6.42 Å². The molecule has 0 unspecified atom stereocenters. The molecule has 1 N–H and O–H groups in total. The summed E-state index contributed by atoms with van der Waals surface area (Å²) in [7, 11) is 0. The summed E-state index contributed by atoms with van der Waals surface area (Å²) in [4.78, 5) is 10.5. The van der Waals surface area contributed by atoms with Gasteiger partial charge in [-0.1, -0.05) is 22.0 Å². The molecule has 0 amide bonds. The highest BCUT2D eigenvalue weighted by molar-refractivity contribution is 9.10. The van der Waals surface area contributed by atoms with Crippen LogP contribution in [0, 0.1) is 0 Å². The number of carbonyl (C=O) groups excluding carboxylic acids is 1. The van der Waals surface area contributed by atoms with Gasteiger partial charge in [0.25, 0.3) is 0 Å². The molecule has 0 aliphatic carbocycles. The zero-order chi connectivity index (χ0) is 9.84. The lowest BCUT2D eigenvalue weighted by Gasteiger charge is -2.04. The maximum Gasteiger partial charge on any atom is 0.153 e. The molecule has 13 heavy (non-hydrogen) atoms. The SMILES string of the molecule is C=CCc1cc(Br)cc(C=O)c1O. The molecule has 0 atom stereocenters. The molecule has 0 heterocycles. The van der Waals surface area contributed by atoms with Crippen LogP contribution in [0.25, 0.3) is 0 Å². The van der Waals surface area contributed by atoms with Crippen LogP contribution in [0.2, 0.25) is 0 Å². The Morgan fingerprint density at radius 2 is 2.23 bits per heavy atom. The first-order chi connectivity index (χ1) is 6.19. The van der Waals surface area contributed by atoms with Crippen LogP contribution in [0.1, 0.15) is 15.9 Å². The van der Waals surface area contributed by atoms with Crippen molar-refractivity contribution in [1.82, 2.24) is 0 Å². The Labute approximate surface area is 85.0 Å². The number of carbonyl (C=O) groups is 1. The van der Waals surface area contributed by atoms with E-state index in [0.717, 1.165) is 4.47 Å². The zero-order valence-electron chi connectivity index (χ0n) is 6.96. The van der Waals surface area contributed by atoms with Crippen LogP contribution in [0.3, 0.4) is 0 Å². The van der Waals surface area contributed by atoms with E-state index in [0.29, 0.717) is 23.8 Å². The number of hydrogen-bond acceptors (Lipinski definition) is 2. The summed E-state index contributed by atoms with van der Waals surface area (Å²) in [5.74, 6) is 0.0399. The number of phenolic OH excluding ortho intramolecular Hbond substituents is 1. The minimum absolute atomic E-state index is 0.0399. The van der Waals surface area contributed by atoms with Crippen LogP contribution in [0.4, 0.5) is 0 Å². The van der Waals surface area contributed by atoms with Crippen molar-refractivity contribution in [2.24, 2.45) is 0 Å². The van der Waals surface area contributed by atoms with Crippen molar-refractivity contribution < 1.29 is 9.90 Å². The normalized spacial score (nSPS) is 9.62. The van der Waals surface area contributed by atoms with Gasteiger partial charge in [-0.05, 0) is 24.1 Å². The summed E-state index contributed by atoms with van der Waals surface area (Å²) in [5.41, 5.74) is 0.998. The molecule has 0 radical (unpaired) electrons. The Kier molecular flexibility index (Phi) is 3.25. The minimum atomic E-state index is 0.0399. The molecule has 68 valence electrons. The van der Waals surface area contributed by atoms with Gasteiger partial charge in [-0.15, -0.1) is 6.58 Å². The minimum Gasteiger partial charge on any atom is -0.507 e. The largest absolute Gasteiger partial charge is 0.507 e. The van der Waals surface area contributed by atoms with E-state index in [9.17, 15) is 9.90 Å². The lowest BCUT2D eigenvalue weighted by molar-refractivity contribution is 0.112. The van der Waals surface area contributed by atoms with Gasteiger partial charge in [0, 0.05) is 4.47 Å². The van der Waals surface area contributed by atoms with E-state index >= 15 is 0 Å². The summed E-state index contributed by atoms with van der Waals surface area (Å²) in [6, 6.07) is 3.35. The molecule has 1 rings (SSSR count). The van der Waals surface area contributed by atoms with E-state index in [1.807, 2.05) is 0 Å². The number of aldehydes is 1. The fourth-order valence-electron chi connectivity index (χ4n) is 1.08. The highest BCUT2D eigenvalue weighted by atomic mass is 79.9. The lowest BCUT2D eigenvalue weighted by Crippen LogP contribution is -1.89. The molecule has 0 aliphatic rings. The van der Waals surface area contributed by atoms with Gasteiger partial charge in [-0.25, -0.2) is 0 Å². The Hall–Kier alpha value is -1.09. The summed E-state index contributed by atoms with van der Waals surface area (Å²) in [5, 5.41) is 9.54. The molecule has 3 heteroatoms. The average molecular weight is 241 g/mol. The van der Waals surface area contributed by atoms with Crippen molar-refractivity contribution >= 4 is 22.2 Å². The highest BCUT2D eigenvalue weighted by Gasteiger charge is 2.06. The van der Waals surface area contributed by atoms with Crippen molar-refractivity contribution in [3.05, 3.63) is 40.4 Å². The number of hydrogen-bond donors (Lipinski definition) is 1. The van der Waals surface area contributed by atoms with E-state index in [1.165, 1.54) is 0 Å². The van der Waals surface area contributed by atoms with Gasteiger partial charge in [0.15, 0.2) is 6.29 Å². The van der Waals surface area contributed by atoms with Gasteiger partial charge in [0.05, 0.1) is 5.56 Å². The molecule has 0 saturated carbocycles. The molecule has 0 aliphatic heterocycles. The Balaban J connectivity index is 3.25. The summed E-state index contributed by atoms with van der Waals surface area (Å²) >= 11 is 3.25. The summed E-state index contributed by atoms with van der Waals surface area (Å²) in [6.07, 6.45) is 2.86. The van der Waals surface area contributed by atoms with Crippen LogP contribution < -0.4 is 0 Å². The Morgan fingerprint density at radius 3 is 2.77 bits per heavy atom. The second-order valence-electron chi connectivity index (χ2n) is 2.61. The number of aromatic hydroxyl groups is 1. The molecule has 2 nitrogen and oxygen atoms in total. The van der Waals surface area contributed by atoms with Gasteiger partial charge < -0.3 is 5.11 Å². The summed E-state index contributed by atoms with van der Waals surface area (Å²) in [6.45, 7) is 3.57. The third kappa shape index (κ3) is 2.18. The molecule has 1 aromatic carbocycles. The fraction of sp³-hybridized carbons (Fsp3) is 0.100. The second-order valence-corrected chi connectivity index (χ2v) is 3.53. The first-order valence-electron chi connectivity index (χ1n) is 3.76. The Morgan fingerprint density at radius 1 is 1.54 bits per heavy atom. The maximum absolute atomic E-state index is 10.5. The number of halogens is 1. The van der Waals surface area contributed by atoms with Crippen LogP contribution in [0.15, 0.2) is 29.3 Å². The average Bonchev–Trinajstić information content (AvgIpc) is 2.11. The van der Waals surface area contributed by atoms with E-state index in [4.69, 9.17) is 0 Å². The van der Waals surface area contributed by atoms with Gasteiger partial charge in [0.1, 0.15) is 5.75 Å². The van der Waals surface area contributed by atoms with E-state index in [1.54, 1.807) is 18.2 Å². The first kappa shape index (κ1) is 9.99. The van der Waals surface area contributed by atoms with Gasteiger partial charge in [0.2, 0.25) is 0 Å². The molecular weight excluding hydrogens is 232 g/mol. The second kappa shape index (κ2) is 4.23. The first-order valence-corrected chi connectivity index (χ1v) is 4.55. The van der Waals surface area contributed by atoms with Crippen LogP contribution in [-0.2, 0) is 6.42 Å². The molecule has 0 saturated heterocycles. The quantitative estimate of drug-likeness (QED) is 0.652. The highest BCUT2D eigenvalue weighted by Crippen LogP contribution is 2.26. The Bertz CT molecular complexity index is 345. The van der Waals surface area contributed by atoms with E-state index in [-0.39, 0.29) is 5.75 Å². The number of rotatable bonds is 3. The van der Waals surface area contributed by atoms with Crippen LogP contribution in [-0.4, -0.2) is 11.4 Å². The number of phenols is 1. The van der Waals surface area contributed by atoms with Crippen molar-refractivity contribution in [3.63, 3.8) is 0 Å². The third-order valence-corrected chi connectivity index (χ3v) is 2.13.